The second kappa shape index (κ2) is 9.38. The average molecular weight is 522 g/mol. The molecular weight excluding hydrogens is 498 g/mol. The topological polar surface area (TPSA) is 78.2 Å². The van der Waals surface area contributed by atoms with Gasteiger partial charge in [0.25, 0.3) is 5.69 Å². The van der Waals surface area contributed by atoms with E-state index < -0.39 is 4.92 Å². The Bertz CT molecular complexity index is 1410. The quantitative estimate of drug-likeness (QED) is 0.166. The van der Waals surface area contributed by atoms with E-state index in [9.17, 15) is 14.9 Å². The van der Waals surface area contributed by atoms with E-state index in [-0.39, 0.29) is 35.0 Å². The Hall–Kier alpha value is -3.52. The normalized spacial score (nSPS) is 12.2. The number of Topliss-reactive ketones (excluding diaryl/α,β-unsaturated/α-hetero) is 1. The van der Waals surface area contributed by atoms with E-state index in [0.29, 0.717) is 12.1 Å². The van der Waals surface area contributed by atoms with E-state index in [2.05, 4.69) is 42.7 Å². The smallest absolute Gasteiger partial charge is 0.269 e. The minimum atomic E-state index is -0.465. The van der Waals surface area contributed by atoms with Crippen LogP contribution < -0.4 is 26.3 Å². The number of non-ortho nitro benzene ring substituents is 1. The number of benzene rings is 3. The van der Waals surface area contributed by atoms with Gasteiger partial charge in [0.15, 0.2) is 17.6 Å². The van der Waals surface area contributed by atoms with Crippen molar-refractivity contribution in [1.29, 1.82) is 0 Å². The fraction of sp³-hybridized carbons (Fsp3) is 0.231. The standard InChI is InChI=1S/C26H24N3O4.BrH/c1-17-11-23-24(12-18(17)2)28(15-25(30)20-4-6-22(7-5-20)29(31)32)16-27(23)14-19-3-8-26-21(13-19)9-10-33-26;/h3-8,11-13,16H,9-10,14-15H2,1-2H3;1H/q+1;/p-1. The molecule has 0 spiro atoms. The van der Waals surface area contributed by atoms with Gasteiger partial charge in [-0.25, -0.2) is 9.13 Å². The van der Waals surface area contributed by atoms with Crippen LogP contribution >= 0.6 is 0 Å². The molecule has 0 amide bonds. The maximum atomic E-state index is 13.0. The van der Waals surface area contributed by atoms with Crippen molar-refractivity contribution in [1.82, 2.24) is 4.57 Å². The number of aromatic nitrogens is 2. The molecule has 1 aliphatic heterocycles. The number of nitro groups is 1. The SMILES string of the molecule is Cc1cc2c(cc1C)[n+](Cc1ccc3c(c1)CCO3)cn2CC(=O)c1ccc([N+](=O)[O-])cc1.[Br-]. The first-order valence-corrected chi connectivity index (χ1v) is 10.9. The van der Waals surface area contributed by atoms with E-state index >= 15 is 0 Å². The summed E-state index contributed by atoms with van der Waals surface area (Å²) in [6.07, 6.45) is 2.91. The Morgan fingerprint density at radius 1 is 1.09 bits per heavy atom. The molecule has 4 aromatic rings. The molecular formula is C26H24BrN3O4. The number of halogens is 1. The van der Waals surface area contributed by atoms with Crippen molar-refractivity contribution in [3.8, 4) is 5.75 Å². The Balaban J connectivity index is 0.00000274. The third kappa shape index (κ3) is 4.46. The lowest BCUT2D eigenvalue weighted by atomic mass is 10.1. The summed E-state index contributed by atoms with van der Waals surface area (Å²) < 4.78 is 9.76. The number of hydrogen-bond donors (Lipinski definition) is 0. The van der Waals surface area contributed by atoms with Gasteiger partial charge >= 0.3 is 0 Å². The molecule has 3 aromatic carbocycles. The number of nitrogens with zero attached hydrogens (tertiary/aromatic N) is 3. The minimum Gasteiger partial charge on any atom is -1.00 e. The maximum Gasteiger partial charge on any atom is 0.269 e. The maximum absolute atomic E-state index is 13.0. The lowest BCUT2D eigenvalue weighted by molar-refractivity contribution is -0.663. The van der Waals surface area contributed by atoms with Crippen molar-refractivity contribution in [2.24, 2.45) is 0 Å². The summed E-state index contributed by atoms with van der Waals surface area (Å²) in [6.45, 7) is 5.72. The summed E-state index contributed by atoms with van der Waals surface area (Å²) in [5.41, 5.74) is 7.24. The number of ketones is 1. The third-order valence-electron chi connectivity index (χ3n) is 6.31. The van der Waals surface area contributed by atoms with Crippen LogP contribution in [-0.4, -0.2) is 21.9 Å². The Morgan fingerprint density at radius 2 is 1.82 bits per heavy atom. The number of hydrogen-bond acceptors (Lipinski definition) is 4. The molecule has 0 bridgehead atoms. The van der Waals surface area contributed by atoms with E-state index in [1.807, 2.05) is 17.0 Å². The lowest BCUT2D eigenvalue weighted by Crippen LogP contribution is -3.00. The van der Waals surface area contributed by atoms with Gasteiger partial charge in [-0.15, -0.1) is 0 Å². The fourth-order valence-electron chi connectivity index (χ4n) is 4.34. The molecule has 0 atom stereocenters. The second-order valence-electron chi connectivity index (χ2n) is 8.56. The van der Waals surface area contributed by atoms with E-state index in [1.54, 1.807) is 0 Å². The van der Waals surface area contributed by atoms with Crippen LogP contribution in [-0.2, 0) is 19.5 Å². The summed E-state index contributed by atoms with van der Waals surface area (Å²) in [4.78, 5) is 23.4. The van der Waals surface area contributed by atoms with Gasteiger partial charge < -0.3 is 21.7 Å². The molecule has 174 valence electrons. The van der Waals surface area contributed by atoms with Crippen LogP contribution in [0, 0.1) is 24.0 Å². The predicted molar refractivity (Wildman–Crippen MR) is 124 cm³/mol. The molecule has 0 saturated carbocycles. The van der Waals surface area contributed by atoms with Crippen LogP contribution in [0.2, 0.25) is 0 Å². The molecule has 0 fully saturated rings. The number of nitro benzene ring substituents is 1. The summed E-state index contributed by atoms with van der Waals surface area (Å²) in [5.74, 6) is 0.869. The molecule has 1 aromatic heterocycles. The van der Waals surface area contributed by atoms with Crippen molar-refractivity contribution < 1.29 is 36.0 Å². The van der Waals surface area contributed by atoms with Gasteiger partial charge in [-0.05, 0) is 72.5 Å². The highest BCUT2D eigenvalue weighted by Crippen LogP contribution is 2.26. The first-order chi connectivity index (χ1) is 15.9. The fourth-order valence-corrected chi connectivity index (χ4v) is 4.34. The zero-order chi connectivity index (χ0) is 23.1. The second-order valence-corrected chi connectivity index (χ2v) is 8.56. The molecule has 0 aliphatic carbocycles. The van der Waals surface area contributed by atoms with Crippen molar-refractivity contribution in [3.63, 3.8) is 0 Å². The van der Waals surface area contributed by atoms with Crippen LogP contribution in [0.25, 0.3) is 11.0 Å². The van der Waals surface area contributed by atoms with Gasteiger partial charge in [-0.2, -0.15) is 0 Å². The molecule has 34 heavy (non-hydrogen) atoms. The molecule has 2 heterocycles. The van der Waals surface area contributed by atoms with Gasteiger partial charge in [0.1, 0.15) is 12.3 Å². The number of carbonyl (C=O) groups is 1. The molecule has 0 saturated heterocycles. The van der Waals surface area contributed by atoms with Crippen molar-refractivity contribution >= 4 is 22.5 Å². The Morgan fingerprint density at radius 3 is 2.56 bits per heavy atom. The number of rotatable bonds is 6. The van der Waals surface area contributed by atoms with Crippen LogP contribution in [0.4, 0.5) is 5.69 Å². The van der Waals surface area contributed by atoms with Gasteiger partial charge in [-0.1, -0.05) is 6.07 Å². The lowest BCUT2D eigenvalue weighted by Gasteiger charge is -2.03. The zero-order valence-corrected chi connectivity index (χ0v) is 20.5. The Kier molecular flexibility index (Phi) is 6.52. The first-order valence-electron chi connectivity index (χ1n) is 10.9. The largest absolute Gasteiger partial charge is 1.00 e. The highest BCUT2D eigenvalue weighted by molar-refractivity contribution is 5.96. The number of ether oxygens (including phenoxy) is 1. The molecule has 0 radical (unpaired) electrons. The van der Waals surface area contributed by atoms with Gasteiger partial charge in [0.05, 0.1) is 11.5 Å². The Labute approximate surface area is 207 Å². The van der Waals surface area contributed by atoms with Crippen LogP contribution in [0.15, 0.2) is 60.9 Å². The summed E-state index contributed by atoms with van der Waals surface area (Å²) in [6, 6.07) is 16.4. The van der Waals surface area contributed by atoms with Crippen LogP contribution in [0.1, 0.15) is 32.6 Å². The van der Waals surface area contributed by atoms with Crippen LogP contribution in [0.5, 0.6) is 5.75 Å². The molecule has 0 N–H and O–H groups in total. The molecule has 8 heteroatoms. The van der Waals surface area contributed by atoms with Gasteiger partial charge in [0.2, 0.25) is 12.1 Å². The highest BCUT2D eigenvalue weighted by atomic mass is 79.9. The average Bonchev–Trinajstić information content (AvgIpc) is 3.39. The number of carbonyl (C=O) groups excluding carboxylic acids is 1. The summed E-state index contributed by atoms with van der Waals surface area (Å²) in [5, 5.41) is 10.9. The molecule has 0 unspecified atom stereocenters. The van der Waals surface area contributed by atoms with E-state index in [4.69, 9.17) is 4.74 Å². The zero-order valence-electron chi connectivity index (χ0n) is 19.0. The van der Waals surface area contributed by atoms with E-state index in [0.717, 1.165) is 35.4 Å². The van der Waals surface area contributed by atoms with E-state index in [1.165, 1.54) is 41.0 Å². The number of fused-ring (bicyclic) bond motifs is 2. The van der Waals surface area contributed by atoms with Crippen molar-refractivity contribution in [2.75, 3.05) is 6.61 Å². The van der Waals surface area contributed by atoms with Crippen molar-refractivity contribution in [2.45, 2.75) is 33.4 Å². The molecule has 7 nitrogen and oxygen atoms in total. The molecule has 1 aliphatic rings. The van der Waals surface area contributed by atoms with Gasteiger partial charge in [0, 0.05) is 24.1 Å². The number of imidazole rings is 1. The van der Waals surface area contributed by atoms with Crippen molar-refractivity contribution in [3.05, 3.63) is 98.9 Å². The predicted octanol–water partition coefficient (Wildman–Crippen LogP) is 1.32. The first kappa shape index (κ1) is 23.6. The highest BCUT2D eigenvalue weighted by Gasteiger charge is 2.21. The van der Waals surface area contributed by atoms with Gasteiger partial charge in [-0.3, -0.25) is 14.9 Å². The summed E-state index contributed by atoms with van der Waals surface area (Å²) in [7, 11) is 0. The summed E-state index contributed by atoms with van der Waals surface area (Å²) >= 11 is 0. The number of aryl methyl sites for hydroxylation is 2. The third-order valence-corrected chi connectivity index (χ3v) is 6.31. The molecule has 5 rings (SSSR count). The monoisotopic (exact) mass is 521 g/mol. The minimum absolute atomic E-state index is 0. The van der Waals surface area contributed by atoms with Crippen LogP contribution in [0.3, 0.4) is 0 Å².